The van der Waals surface area contributed by atoms with E-state index >= 15 is 0 Å². The van der Waals surface area contributed by atoms with E-state index < -0.39 is 15.4 Å². The van der Waals surface area contributed by atoms with Crippen molar-refractivity contribution >= 4 is 21.9 Å². The molecule has 41 heavy (non-hydrogen) atoms. The van der Waals surface area contributed by atoms with Crippen LogP contribution in [0.25, 0.3) is 6.08 Å². The van der Waals surface area contributed by atoms with Crippen molar-refractivity contribution in [3.05, 3.63) is 101 Å². The summed E-state index contributed by atoms with van der Waals surface area (Å²) in [6.07, 6.45) is 6.21. The third-order valence-corrected chi connectivity index (χ3v) is 9.85. The fraction of sp³-hybridized carbons (Fsp3) is 0.281. The molecule has 9 heteroatoms. The molecule has 1 aromatic heterocycles. The van der Waals surface area contributed by atoms with E-state index in [-0.39, 0.29) is 10.9 Å². The van der Waals surface area contributed by atoms with Crippen molar-refractivity contribution in [1.29, 1.82) is 0 Å². The Kier molecular flexibility index (Phi) is 6.77. The van der Waals surface area contributed by atoms with Crippen LogP contribution in [0.15, 0.2) is 77.7 Å². The minimum absolute atomic E-state index is 0.117. The first-order valence-corrected chi connectivity index (χ1v) is 15.0. The molecule has 4 aromatic rings. The van der Waals surface area contributed by atoms with Crippen LogP contribution in [-0.2, 0) is 21.9 Å². The molecule has 1 N–H and O–H groups in total. The molecule has 1 saturated carbocycles. The molecule has 1 unspecified atom stereocenters. The Morgan fingerprint density at radius 2 is 1.61 bits per heavy atom. The van der Waals surface area contributed by atoms with Crippen LogP contribution in [0.3, 0.4) is 0 Å². The smallest absolute Gasteiger partial charge is 0.265 e. The van der Waals surface area contributed by atoms with E-state index in [0.717, 1.165) is 40.8 Å². The van der Waals surface area contributed by atoms with Crippen molar-refractivity contribution in [2.75, 3.05) is 25.6 Å². The van der Waals surface area contributed by atoms with E-state index in [1.54, 1.807) is 33.5 Å². The molecule has 0 aliphatic heterocycles. The highest BCUT2D eigenvalue weighted by Gasteiger charge is 2.44. The molecule has 0 bridgehead atoms. The van der Waals surface area contributed by atoms with Gasteiger partial charge in [-0.15, -0.1) is 0 Å². The SMILES string of the molecule is COc1ccc(C2(c3ccccc3)C=Cc3c(N(C4CC4)S(=O)(=O)c4ccc(C)cc4)n[nH]c3C2)c(OC)c1OC. The number of anilines is 1. The van der Waals surface area contributed by atoms with Crippen LogP contribution in [0.1, 0.15) is 40.8 Å². The number of benzene rings is 3. The van der Waals surface area contributed by atoms with Gasteiger partial charge in [0, 0.05) is 34.7 Å². The van der Waals surface area contributed by atoms with Gasteiger partial charge in [-0.2, -0.15) is 5.10 Å². The molecule has 2 aliphatic rings. The van der Waals surface area contributed by atoms with Crippen molar-refractivity contribution in [3.63, 3.8) is 0 Å². The molecule has 6 rings (SSSR count). The summed E-state index contributed by atoms with van der Waals surface area (Å²) in [4.78, 5) is 0.264. The van der Waals surface area contributed by atoms with Crippen LogP contribution in [0.4, 0.5) is 5.82 Å². The Morgan fingerprint density at radius 1 is 0.902 bits per heavy atom. The van der Waals surface area contributed by atoms with Crippen LogP contribution < -0.4 is 18.5 Å². The minimum atomic E-state index is -3.80. The van der Waals surface area contributed by atoms with Crippen LogP contribution >= 0.6 is 0 Å². The van der Waals surface area contributed by atoms with Gasteiger partial charge in [0.15, 0.2) is 17.3 Å². The summed E-state index contributed by atoms with van der Waals surface area (Å²) >= 11 is 0. The van der Waals surface area contributed by atoms with Gasteiger partial charge in [-0.1, -0.05) is 66.2 Å². The Labute approximate surface area is 240 Å². The highest BCUT2D eigenvalue weighted by molar-refractivity contribution is 7.92. The molecule has 0 radical (unpaired) electrons. The van der Waals surface area contributed by atoms with Gasteiger partial charge in [-0.3, -0.25) is 5.10 Å². The number of ether oxygens (including phenoxy) is 3. The van der Waals surface area contributed by atoms with Crippen molar-refractivity contribution in [2.24, 2.45) is 0 Å². The molecular weight excluding hydrogens is 538 g/mol. The van der Waals surface area contributed by atoms with E-state index in [0.29, 0.717) is 29.5 Å². The molecule has 1 atom stereocenters. The second kappa shape index (κ2) is 10.3. The lowest BCUT2D eigenvalue weighted by atomic mass is 9.68. The molecule has 3 aromatic carbocycles. The second-order valence-electron chi connectivity index (χ2n) is 10.5. The number of H-pyrrole nitrogens is 1. The van der Waals surface area contributed by atoms with Gasteiger partial charge >= 0.3 is 0 Å². The number of aryl methyl sites for hydroxylation is 1. The first kappa shape index (κ1) is 27.0. The monoisotopic (exact) mass is 571 g/mol. The third-order valence-electron chi connectivity index (χ3n) is 7.99. The van der Waals surface area contributed by atoms with E-state index in [4.69, 9.17) is 14.2 Å². The number of nitrogens with zero attached hydrogens (tertiary/aromatic N) is 2. The predicted molar refractivity (Wildman–Crippen MR) is 159 cm³/mol. The highest BCUT2D eigenvalue weighted by atomic mass is 32.2. The summed E-state index contributed by atoms with van der Waals surface area (Å²) in [7, 11) is 1.01. The number of sulfonamides is 1. The predicted octanol–water partition coefficient (Wildman–Crippen LogP) is 5.66. The van der Waals surface area contributed by atoms with Crippen molar-refractivity contribution in [3.8, 4) is 17.2 Å². The fourth-order valence-electron chi connectivity index (χ4n) is 5.76. The van der Waals surface area contributed by atoms with Gasteiger partial charge in [-0.25, -0.2) is 12.7 Å². The number of aromatic nitrogens is 2. The first-order chi connectivity index (χ1) is 19.8. The molecule has 2 aliphatic carbocycles. The van der Waals surface area contributed by atoms with Crippen molar-refractivity contribution < 1.29 is 22.6 Å². The van der Waals surface area contributed by atoms with Gasteiger partial charge in [0.1, 0.15) is 0 Å². The molecule has 1 fully saturated rings. The lowest BCUT2D eigenvalue weighted by Gasteiger charge is -2.36. The largest absolute Gasteiger partial charge is 0.493 e. The maximum absolute atomic E-state index is 13.9. The zero-order chi connectivity index (χ0) is 28.8. The number of nitrogens with one attached hydrogen (secondary N) is 1. The number of hydrogen-bond acceptors (Lipinski definition) is 6. The quantitative estimate of drug-likeness (QED) is 0.279. The molecule has 0 saturated heterocycles. The minimum Gasteiger partial charge on any atom is -0.493 e. The van der Waals surface area contributed by atoms with Gasteiger partial charge in [0.2, 0.25) is 5.75 Å². The van der Waals surface area contributed by atoms with Gasteiger partial charge in [-0.05, 0) is 43.5 Å². The molecule has 0 spiro atoms. The second-order valence-corrected chi connectivity index (χ2v) is 12.3. The standard InChI is InChI=1S/C32H33N3O5S/c1-21-10-14-24(15-11-21)41(36,37)35(23-12-13-23)31-25-18-19-32(20-27(25)33-34-31,22-8-6-5-7-9-22)26-16-17-28(38-2)30(40-4)29(26)39-3/h5-11,14-19,23H,12-13,20H2,1-4H3,(H,33,34). The number of aromatic amines is 1. The van der Waals surface area contributed by atoms with E-state index in [1.807, 2.05) is 55.5 Å². The fourth-order valence-corrected chi connectivity index (χ4v) is 7.44. The van der Waals surface area contributed by atoms with Crippen LogP contribution in [0.2, 0.25) is 0 Å². The van der Waals surface area contributed by atoms with Gasteiger partial charge in [0.05, 0.1) is 26.2 Å². The van der Waals surface area contributed by atoms with Crippen LogP contribution in [-0.4, -0.2) is 46.0 Å². The summed E-state index contributed by atoms with van der Waals surface area (Å²) in [5.41, 5.74) is 3.92. The van der Waals surface area contributed by atoms with Crippen molar-refractivity contribution in [2.45, 2.75) is 42.5 Å². The average molecular weight is 572 g/mol. The Morgan fingerprint density at radius 3 is 2.24 bits per heavy atom. The number of hydrogen-bond donors (Lipinski definition) is 1. The zero-order valence-electron chi connectivity index (χ0n) is 23.5. The average Bonchev–Trinajstić information content (AvgIpc) is 3.75. The normalized spacial score (nSPS) is 18.0. The number of methoxy groups -OCH3 is 3. The summed E-state index contributed by atoms with van der Waals surface area (Å²) in [6, 6.07) is 20.9. The summed E-state index contributed by atoms with van der Waals surface area (Å²) in [5, 5.41) is 7.82. The summed E-state index contributed by atoms with van der Waals surface area (Å²) in [5.74, 6) is 2.09. The number of allylic oxidation sites excluding steroid dienone is 1. The topological polar surface area (TPSA) is 93.8 Å². The summed E-state index contributed by atoms with van der Waals surface area (Å²) in [6.45, 7) is 1.94. The maximum atomic E-state index is 13.9. The first-order valence-electron chi connectivity index (χ1n) is 13.6. The van der Waals surface area contributed by atoms with E-state index in [9.17, 15) is 8.42 Å². The Hall–Kier alpha value is -4.24. The molecule has 8 nitrogen and oxygen atoms in total. The highest BCUT2D eigenvalue weighted by Crippen LogP contribution is 2.51. The van der Waals surface area contributed by atoms with Crippen molar-refractivity contribution in [1.82, 2.24) is 10.2 Å². The maximum Gasteiger partial charge on any atom is 0.265 e. The molecule has 1 heterocycles. The molecule has 212 valence electrons. The lowest BCUT2D eigenvalue weighted by Crippen LogP contribution is -2.34. The van der Waals surface area contributed by atoms with E-state index in [1.165, 1.54) is 4.31 Å². The lowest BCUT2D eigenvalue weighted by molar-refractivity contribution is 0.319. The van der Waals surface area contributed by atoms with Crippen LogP contribution in [0.5, 0.6) is 17.2 Å². The van der Waals surface area contributed by atoms with Gasteiger partial charge in [0.25, 0.3) is 10.0 Å². The molecular formula is C32H33N3O5S. The molecule has 0 amide bonds. The Balaban J connectivity index is 1.50. The van der Waals surface area contributed by atoms with Crippen LogP contribution in [0, 0.1) is 6.92 Å². The zero-order valence-corrected chi connectivity index (χ0v) is 24.4. The Bertz CT molecular complexity index is 1710. The third kappa shape index (κ3) is 4.44. The summed E-state index contributed by atoms with van der Waals surface area (Å²) < 4.78 is 46.5. The number of rotatable bonds is 9. The van der Waals surface area contributed by atoms with E-state index in [2.05, 4.69) is 28.4 Å². The van der Waals surface area contributed by atoms with Gasteiger partial charge < -0.3 is 14.2 Å². The number of fused-ring (bicyclic) bond motifs is 1.